The van der Waals surface area contributed by atoms with Crippen molar-refractivity contribution in [3.8, 4) is 22.7 Å². The van der Waals surface area contributed by atoms with Crippen molar-refractivity contribution in [3.05, 3.63) is 66.6 Å². The smallest absolute Gasteiger partial charge is 0.240 e. The second-order valence-corrected chi connectivity index (χ2v) is 7.06. The lowest BCUT2D eigenvalue weighted by Crippen LogP contribution is -2.48. The Balaban J connectivity index is 1.53. The molecule has 2 aromatic heterocycles. The number of aromatic hydroxyl groups is 1. The Morgan fingerprint density at radius 3 is 2.63 bits per heavy atom. The molecule has 0 radical (unpaired) electrons. The van der Waals surface area contributed by atoms with Crippen molar-refractivity contribution in [2.75, 3.05) is 24.5 Å². The summed E-state index contributed by atoms with van der Waals surface area (Å²) in [5.41, 5.74) is 3.85. The van der Waals surface area contributed by atoms with Gasteiger partial charge in [-0.05, 0) is 48.5 Å². The molecule has 8 heteroatoms. The number of para-hydroxylation sites is 1. The summed E-state index contributed by atoms with van der Waals surface area (Å²) in [5, 5.41) is 21.5. The van der Waals surface area contributed by atoms with E-state index in [0.29, 0.717) is 24.3 Å². The van der Waals surface area contributed by atoms with Crippen LogP contribution in [0.1, 0.15) is 0 Å². The van der Waals surface area contributed by atoms with Crippen LogP contribution in [0.3, 0.4) is 0 Å². The summed E-state index contributed by atoms with van der Waals surface area (Å²) in [6.07, 6.45) is 1.87. The van der Waals surface area contributed by atoms with Crippen LogP contribution in [0.4, 0.5) is 10.1 Å². The molecule has 1 saturated heterocycles. The standard InChI is InChI=1S/C22H18FN5O2/c23-17-3-1-2-16(22(17)30)19-12-20-18(25-26-19)8-10-27(20)14-4-6-15(7-5-14)28-11-9-24-13-21(28)29/h1-8,10,12,24,30H,9,11,13H2. The van der Waals surface area contributed by atoms with Gasteiger partial charge in [-0.15, -0.1) is 10.2 Å². The van der Waals surface area contributed by atoms with Gasteiger partial charge in [0.15, 0.2) is 11.6 Å². The first-order chi connectivity index (χ1) is 14.6. The van der Waals surface area contributed by atoms with Crippen molar-refractivity contribution in [1.29, 1.82) is 0 Å². The van der Waals surface area contributed by atoms with E-state index < -0.39 is 11.6 Å². The van der Waals surface area contributed by atoms with Gasteiger partial charge in [0, 0.05) is 36.2 Å². The lowest BCUT2D eigenvalue weighted by atomic mass is 10.1. The van der Waals surface area contributed by atoms with Gasteiger partial charge in [-0.2, -0.15) is 0 Å². The average Bonchev–Trinajstić information content (AvgIpc) is 3.19. The van der Waals surface area contributed by atoms with Crippen LogP contribution in [0.2, 0.25) is 0 Å². The van der Waals surface area contributed by atoms with E-state index in [0.717, 1.165) is 23.4 Å². The van der Waals surface area contributed by atoms with Crippen molar-refractivity contribution in [2.45, 2.75) is 0 Å². The van der Waals surface area contributed by atoms with E-state index in [-0.39, 0.29) is 11.5 Å². The van der Waals surface area contributed by atoms with Crippen LogP contribution in [0.25, 0.3) is 28.0 Å². The fourth-order valence-electron chi connectivity index (χ4n) is 3.68. The molecule has 150 valence electrons. The fraction of sp³-hybridized carbons (Fsp3) is 0.136. The fourth-order valence-corrected chi connectivity index (χ4v) is 3.68. The number of halogens is 1. The number of hydrogen-bond donors (Lipinski definition) is 2. The third-order valence-corrected chi connectivity index (χ3v) is 5.23. The molecule has 0 saturated carbocycles. The normalized spacial score (nSPS) is 14.4. The van der Waals surface area contributed by atoms with Crippen LogP contribution in [-0.4, -0.2) is 45.4 Å². The van der Waals surface area contributed by atoms with Crippen molar-refractivity contribution in [2.24, 2.45) is 0 Å². The number of piperazine rings is 1. The van der Waals surface area contributed by atoms with Gasteiger partial charge in [-0.3, -0.25) is 4.79 Å². The van der Waals surface area contributed by atoms with Gasteiger partial charge >= 0.3 is 0 Å². The highest BCUT2D eigenvalue weighted by molar-refractivity contribution is 5.95. The molecule has 1 fully saturated rings. The van der Waals surface area contributed by atoms with Crippen LogP contribution >= 0.6 is 0 Å². The third-order valence-electron chi connectivity index (χ3n) is 5.23. The first kappa shape index (κ1) is 18.3. The minimum Gasteiger partial charge on any atom is -0.504 e. The van der Waals surface area contributed by atoms with Crippen LogP contribution in [0.5, 0.6) is 5.75 Å². The van der Waals surface area contributed by atoms with E-state index in [9.17, 15) is 14.3 Å². The van der Waals surface area contributed by atoms with Crippen molar-refractivity contribution in [1.82, 2.24) is 20.1 Å². The molecule has 2 aromatic carbocycles. The number of phenolic OH excluding ortho intramolecular Hbond substituents is 1. The number of carbonyl (C=O) groups excluding carboxylic acids is 1. The quantitative estimate of drug-likeness (QED) is 0.550. The molecule has 4 aromatic rings. The highest BCUT2D eigenvalue weighted by Gasteiger charge is 2.19. The molecule has 0 unspecified atom stereocenters. The number of phenols is 1. The molecule has 5 rings (SSSR count). The summed E-state index contributed by atoms with van der Waals surface area (Å²) in [5.74, 6) is -1.10. The Morgan fingerprint density at radius 1 is 1.03 bits per heavy atom. The number of carbonyl (C=O) groups is 1. The Labute approximate surface area is 171 Å². The highest BCUT2D eigenvalue weighted by Crippen LogP contribution is 2.31. The van der Waals surface area contributed by atoms with Gasteiger partial charge in [0.1, 0.15) is 5.52 Å². The number of anilines is 1. The third kappa shape index (κ3) is 3.07. The zero-order valence-electron chi connectivity index (χ0n) is 15.9. The molecule has 0 spiro atoms. The van der Waals surface area contributed by atoms with Gasteiger partial charge in [0.2, 0.25) is 5.91 Å². The van der Waals surface area contributed by atoms with Gasteiger partial charge in [-0.25, -0.2) is 4.39 Å². The maximum Gasteiger partial charge on any atom is 0.240 e. The molecular weight excluding hydrogens is 385 g/mol. The SMILES string of the molecule is O=C1CNCCN1c1ccc(-n2ccc3nnc(-c4cccc(F)c4O)cc32)cc1. The first-order valence-corrected chi connectivity index (χ1v) is 9.56. The number of amides is 1. The topological polar surface area (TPSA) is 83.3 Å². The van der Waals surface area contributed by atoms with E-state index in [1.165, 1.54) is 12.1 Å². The minimum atomic E-state index is -0.706. The molecule has 1 amide bonds. The maximum absolute atomic E-state index is 13.7. The van der Waals surface area contributed by atoms with Crippen molar-refractivity contribution < 1.29 is 14.3 Å². The second-order valence-electron chi connectivity index (χ2n) is 7.06. The Kier molecular flexibility index (Phi) is 4.40. The summed E-state index contributed by atoms with van der Waals surface area (Å²) in [7, 11) is 0. The van der Waals surface area contributed by atoms with E-state index in [1.807, 2.05) is 41.1 Å². The monoisotopic (exact) mass is 403 g/mol. The zero-order chi connectivity index (χ0) is 20.7. The van der Waals surface area contributed by atoms with Gasteiger partial charge in [0.05, 0.1) is 17.8 Å². The molecule has 0 aliphatic carbocycles. The lowest BCUT2D eigenvalue weighted by Gasteiger charge is -2.27. The zero-order valence-corrected chi connectivity index (χ0v) is 15.9. The maximum atomic E-state index is 13.7. The minimum absolute atomic E-state index is 0.0511. The Morgan fingerprint density at radius 2 is 1.83 bits per heavy atom. The number of benzene rings is 2. The van der Waals surface area contributed by atoms with Crippen LogP contribution in [0.15, 0.2) is 60.8 Å². The molecule has 30 heavy (non-hydrogen) atoms. The number of aromatic nitrogens is 3. The number of fused-ring (bicyclic) bond motifs is 1. The summed E-state index contributed by atoms with van der Waals surface area (Å²) in [4.78, 5) is 13.9. The molecule has 2 N–H and O–H groups in total. The van der Waals surface area contributed by atoms with Crippen molar-refractivity contribution >= 4 is 22.6 Å². The molecule has 0 atom stereocenters. The Bertz CT molecular complexity index is 1250. The molecular formula is C22H18FN5O2. The molecule has 1 aliphatic rings. The molecule has 7 nitrogen and oxygen atoms in total. The number of nitrogens with zero attached hydrogens (tertiary/aromatic N) is 4. The van der Waals surface area contributed by atoms with Gasteiger partial charge < -0.3 is 19.9 Å². The number of nitrogens with one attached hydrogen (secondary N) is 1. The number of hydrogen-bond acceptors (Lipinski definition) is 5. The molecule has 0 bridgehead atoms. The summed E-state index contributed by atoms with van der Waals surface area (Å²) >= 11 is 0. The predicted molar refractivity (Wildman–Crippen MR) is 111 cm³/mol. The summed E-state index contributed by atoms with van der Waals surface area (Å²) in [6.45, 7) is 1.75. The lowest BCUT2D eigenvalue weighted by molar-refractivity contribution is -0.118. The summed E-state index contributed by atoms with van der Waals surface area (Å²) < 4.78 is 15.7. The van der Waals surface area contributed by atoms with E-state index in [2.05, 4.69) is 15.5 Å². The van der Waals surface area contributed by atoms with Gasteiger partial charge in [0.25, 0.3) is 0 Å². The highest BCUT2D eigenvalue weighted by atomic mass is 19.1. The summed E-state index contributed by atoms with van der Waals surface area (Å²) in [6, 6.07) is 15.6. The largest absolute Gasteiger partial charge is 0.504 e. The van der Waals surface area contributed by atoms with Crippen LogP contribution in [-0.2, 0) is 4.79 Å². The Hall–Kier alpha value is -3.78. The van der Waals surface area contributed by atoms with E-state index in [4.69, 9.17) is 0 Å². The predicted octanol–water partition coefficient (Wildman–Crippen LogP) is 2.87. The van der Waals surface area contributed by atoms with Crippen LogP contribution < -0.4 is 10.2 Å². The van der Waals surface area contributed by atoms with E-state index >= 15 is 0 Å². The van der Waals surface area contributed by atoms with Crippen molar-refractivity contribution in [3.63, 3.8) is 0 Å². The molecule has 3 heterocycles. The first-order valence-electron chi connectivity index (χ1n) is 9.56. The second kappa shape index (κ2) is 7.23. The number of rotatable bonds is 3. The molecule has 1 aliphatic heterocycles. The average molecular weight is 403 g/mol. The van der Waals surface area contributed by atoms with E-state index in [1.54, 1.807) is 17.0 Å². The van der Waals surface area contributed by atoms with Crippen LogP contribution in [0, 0.1) is 5.82 Å². The van der Waals surface area contributed by atoms with Gasteiger partial charge in [-0.1, -0.05) is 6.07 Å².